The summed E-state index contributed by atoms with van der Waals surface area (Å²) >= 11 is 0. The van der Waals surface area contributed by atoms with Crippen LogP contribution in [0.25, 0.3) is 11.1 Å². The minimum atomic E-state index is -0.779. The molecule has 0 saturated carbocycles. The van der Waals surface area contributed by atoms with Gasteiger partial charge < -0.3 is 14.8 Å². The molecule has 1 saturated heterocycles. The molecule has 0 aromatic heterocycles. The third-order valence-corrected chi connectivity index (χ3v) is 8.19. The van der Waals surface area contributed by atoms with E-state index < -0.39 is 23.3 Å². The van der Waals surface area contributed by atoms with Gasteiger partial charge in [0.1, 0.15) is 16.8 Å². The SMILES string of the molecule is CCC1(CC)C(=O)N(C(=O)NCC2c3ccccc3-c3ccccc32)C1Oc1ccc(CC(=O)OC(C)(C)C)cc1. The molecular weight excluding hydrogens is 516 g/mol. The zero-order chi connectivity index (χ0) is 29.4. The molecule has 1 unspecified atom stereocenters. The van der Waals surface area contributed by atoms with Crippen LogP contribution in [0.5, 0.6) is 5.75 Å². The number of benzene rings is 3. The van der Waals surface area contributed by atoms with Gasteiger partial charge >= 0.3 is 12.0 Å². The highest BCUT2D eigenvalue weighted by molar-refractivity contribution is 6.03. The highest BCUT2D eigenvalue weighted by Gasteiger charge is 2.63. The summed E-state index contributed by atoms with van der Waals surface area (Å²) in [5.74, 6) is 0.000693. The lowest BCUT2D eigenvalue weighted by Gasteiger charge is -2.53. The van der Waals surface area contributed by atoms with Gasteiger partial charge in [0, 0.05) is 12.5 Å². The van der Waals surface area contributed by atoms with E-state index in [0.717, 1.165) is 5.56 Å². The second kappa shape index (κ2) is 11.0. The number of esters is 1. The molecule has 7 nitrogen and oxygen atoms in total. The number of urea groups is 1. The number of likely N-dealkylation sites (tertiary alicyclic amines) is 1. The average Bonchev–Trinajstić information content (AvgIpc) is 3.26. The maximum absolute atomic E-state index is 13.5. The smallest absolute Gasteiger partial charge is 0.327 e. The van der Waals surface area contributed by atoms with Crippen LogP contribution >= 0.6 is 0 Å². The van der Waals surface area contributed by atoms with Gasteiger partial charge in [-0.2, -0.15) is 0 Å². The van der Waals surface area contributed by atoms with Crippen molar-refractivity contribution in [2.24, 2.45) is 5.41 Å². The van der Waals surface area contributed by atoms with Gasteiger partial charge in [0.25, 0.3) is 0 Å². The molecule has 0 spiro atoms. The van der Waals surface area contributed by atoms with Gasteiger partial charge in [0.05, 0.1) is 6.42 Å². The number of carbonyl (C=O) groups excluding carboxylic acids is 3. The molecule has 2 aliphatic rings. The first kappa shape index (κ1) is 28.4. The molecule has 0 bridgehead atoms. The van der Waals surface area contributed by atoms with Crippen molar-refractivity contribution in [1.29, 1.82) is 0 Å². The van der Waals surface area contributed by atoms with Crippen molar-refractivity contribution >= 4 is 17.9 Å². The number of nitrogens with zero attached hydrogens (tertiary/aromatic N) is 1. The number of ether oxygens (including phenoxy) is 2. The second-order valence-corrected chi connectivity index (χ2v) is 11.8. The first-order chi connectivity index (χ1) is 19.6. The summed E-state index contributed by atoms with van der Waals surface area (Å²) in [5.41, 5.74) is 4.15. The van der Waals surface area contributed by atoms with Crippen LogP contribution in [-0.2, 0) is 20.7 Å². The van der Waals surface area contributed by atoms with E-state index in [4.69, 9.17) is 9.47 Å². The Morgan fingerprint density at radius 1 is 0.878 bits per heavy atom. The van der Waals surface area contributed by atoms with Crippen molar-refractivity contribution in [3.05, 3.63) is 89.5 Å². The maximum atomic E-state index is 13.5. The Balaban J connectivity index is 1.29. The van der Waals surface area contributed by atoms with Gasteiger partial charge in [-0.15, -0.1) is 0 Å². The highest BCUT2D eigenvalue weighted by atomic mass is 16.6. The van der Waals surface area contributed by atoms with Gasteiger partial charge in [-0.1, -0.05) is 74.5 Å². The number of β-lactam (4-membered cyclic amide) rings is 1. The quantitative estimate of drug-likeness (QED) is 0.256. The predicted octanol–water partition coefficient (Wildman–Crippen LogP) is 6.45. The van der Waals surface area contributed by atoms with Crippen molar-refractivity contribution in [2.75, 3.05) is 6.54 Å². The van der Waals surface area contributed by atoms with E-state index in [9.17, 15) is 14.4 Å². The molecule has 5 rings (SSSR count). The van der Waals surface area contributed by atoms with Crippen LogP contribution in [0.2, 0.25) is 0 Å². The molecule has 214 valence electrons. The van der Waals surface area contributed by atoms with Crippen molar-refractivity contribution < 1.29 is 23.9 Å². The molecule has 1 aliphatic heterocycles. The van der Waals surface area contributed by atoms with Gasteiger partial charge in [-0.3, -0.25) is 9.59 Å². The van der Waals surface area contributed by atoms with E-state index in [2.05, 4.69) is 29.6 Å². The second-order valence-electron chi connectivity index (χ2n) is 11.8. The summed E-state index contributed by atoms with van der Waals surface area (Å²) in [7, 11) is 0. The molecule has 3 aromatic carbocycles. The fraction of sp³-hybridized carbons (Fsp3) is 0.382. The monoisotopic (exact) mass is 554 g/mol. The minimum Gasteiger partial charge on any atom is -0.469 e. The zero-order valence-corrected chi connectivity index (χ0v) is 24.4. The largest absolute Gasteiger partial charge is 0.469 e. The van der Waals surface area contributed by atoms with Gasteiger partial charge in [-0.05, 0) is 73.6 Å². The summed E-state index contributed by atoms with van der Waals surface area (Å²) in [6, 6.07) is 23.2. The number of nitrogens with one attached hydrogen (secondary N) is 1. The topological polar surface area (TPSA) is 84.9 Å². The Kier molecular flexibility index (Phi) is 7.64. The van der Waals surface area contributed by atoms with E-state index in [1.54, 1.807) is 24.3 Å². The molecule has 1 N–H and O–H groups in total. The summed E-state index contributed by atoms with van der Waals surface area (Å²) in [4.78, 5) is 40.3. The number of hydrogen-bond donors (Lipinski definition) is 1. The molecule has 3 amide bonds. The lowest BCUT2D eigenvalue weighted by Crippen LogP contribution is -2.73. The Morgan fingerprint density at radius 3 is 1.98 bits per heavy atom. The van der Waals surface area contributed by atoms with E-state index in [0.29, 0.717) is 25.1 Å². The Bertz CT molecular complexity index is 1410. The Hall–Kier alpha value is -4.13. The Morgan fingerprint density at radius 2 is 1.44 bits per heavy atom. The van der Waals surface area contributed by atoms with Gasteiger partial charge in [-0.25, -0.2) is 9.69 Å². The number of carbonyl (C=O) groups is 3. The summed E-state index contributed by atoms with van der Waals surface area (Å²) in [6.07, 6.45) is 0.521. The van der Waals surface area contributed by atoms with Crippen LogP contribution < -0.4 is 10.1 Å². The normalized spacial score (nSPS) is 17.3. The molecular formula is C34H38N2O5. The van der Waals surface area contributed by atoms with Crippen molar-refractivity contribution in [1.82, 2.24) is 10.2 Å². The first-order valence-corrected chi connectivity index (χ1v) is 14.3. The number of amides is 3. The number of fused-ring (bicyclic) bond motifs is 3. The lowest BCUT2D eigenvalue weighted by molar-refractivity contribution is -0.190. The third-order valence-electron chi connectivity index (χ3n) is 8.19. The summed E-state index contributed by atoms with van der Waals surface area (Å²) < 4.78 is 11.7. The first-order valence-electron chi connectivity index (χ1n) is 14.3. The maximum Gasteiger partial charge on any atom is 0.327 e. The molecule has 7 heteroatoms. The minimum absolute atomic E-state index is 0.00159. The Labute approximate surface area is 241 Å². The van der Waals surface area contributed by atoms with Crippen LogP contribution in [0.1, 0.15) is 70.1 Å². The molecule has 3 aromatic rings. The molecule has 41 heavy (non-hydrogen) atoms. The van der Waals surface area contributed by atoms with E-state index in [1.807, 2.05) is 58.9 Å². The van der Waals surface area contributed by atoms with Crippen molar-refractivity contribution in [3.63, 3.8) is 0 Å². The molecule has 1 aliphatic carbocycles. The number of imide groups is 1. The van der Waals surface area contributed by atoms with Crippen LogP contribution in [0.15, 0.2) is 72.8 Å². The van der Waals surface area contributed by atoms with Crippen molar-refractivity contribution in [3.8, 4) is 16.9 Å². The van der Waals surface area contributed by atoms with Crippen molar-refractivity contribution in [2.45, 2.75) is 71.6 Å². The average molecular weight is 555 g/mol. The zero-order valence-electron chi connectivity index (χ0n) is 24.4. The lowest BCUT2D eigenvalue weighted by atomic mass is 9.72. The number of rotatable bonds is 8. The molecule has 1 heterocycles. The van der Waals surface area contributed by atoms with Crippen LogP contribution in [0.3, 0.4) is 0 Å². The van der Waals surface area contributed by atoms with Crippen LogP contribution in [-0.4, -0.2) is 41.2 Å². The van der Waals surface area contributed by atoms with E-state index in [-0.39, 0.29) is 24.2 Å². The van der Waals surface area contributed by atoms with Gasteiger partial charge in [0.15, 0.2) is 6.23 Å². The third kappa shape index (κ3) is 5.33. The summed E-state index contributed by atoms with van der Waals surface area (Å²) in [6.45, 7) is 9.77. The van der Waals surface area contributed by atoms with E-state index >= 15 is 0 Å². The number of hydrogen-bond acceptors (Lipinski definition) is 5. The standard InChI is InChI=1S/C34H38N2O5/c1-6-34(7-2)30(38)36(31(34)40-23-18-16-22(17-19-23)20-29(37)41-33(3,4)5)32(39)35-21-28-26-14-10-8-12-24(26)25-13-9-11-15-27(25)28/h8-19,28,31H,6-7,20-21H2,1-5H3,(H,35,39). The molecule has 1 atom stereocenters. The highest BCUT2D eigenvalue weighted by Crippen LogP contribution is 2.47. The van der Waals surface area contributed by atoms with E-state index in [1.165, 1.54) is 27.2 Å². The summed E-state index contributed by atoms with van der Waals surface area (Å²) in [5, 5.41) is 3.02. The van der Waals surface area contributed by atoms with Gasteiger partial charge in [0.2, 0.25) is 5.91 Å². The predicted molar refractivity (Wildman–Crippen MR) is 157 cm³/mol. The molecule has 1 fully saturated rings. The van der Waals surface area contributed by atoms with Crippen LogP contribution in [0.4, 0.5) is 4.79 Å². The molecule has 0 radical (unpaired) electrons. The fourth-order valence-corrected chi connectivity index (χ4v) is 6.01. The van der Waals surface area contributed by atoms with Crippen LogP contribution in [0, 0.1) is 5.41 Å². The fourth-order valence-electron chi connectivity index (χ4n) is 6.01.